The minimum Gasteiger partial charge on any atom is -0.489 e. The first-order valence-electron chi connectivity index (χ1n) is 6.43. The fraction of sp³-hybridized carbons (Fsp3) is 0.118. The molecule has 3 aromatic rings. The topological polar surface area (TPSA) is 39.4 Å². The first-order valence-corrected chi connectivity index (χ1v) is 6.43. The molecule has 3 rings (SSSR count). The zero-order valence-electron chi connectivity index (χ0n) is 11.1. The van der Waals surface area contributed by atoms with Gasteiger partial charge in [-0.1, -0.05) is 29.8 Å². The first kappa shape index (κ1) is 12.5. The Labute approximate surface area is 116 Å². The maximum atomic E-state index is 11.2. The van der Waals surface area contributed by atoms with Crippen molar-refractivity contribution in [3.63, 3.8) is 0 Å². The van der Waals surface area contributed by atoms with Crippen molar-refractivity contribution in [1.82, 2.24) is 0 Å². The number of benzene rings is 2. The summed E-state index contributed by atoms with van der Waals surface area (Å²) in [6.07, 6.45) is 0. The predicted molar refractivity (Wildman–Crippen MR) is 78.0 cm³/mol. The zero-order chi connectivity index (χ0) is 13.9. The summed E-state index contributed by atoms with van der Waals surface area (Å²) in [6, 6.07) is 16.8. The molecular formula is C17H14O3. The third-order valence-electron chi connectivity index (χ3n) is 3.08. The van der Waals surface area contributed by atoms with Crippen LogP contribution in [0.3, 0.4) is 0 Å². The van der Waals surface area contributed by atoms with Crippen LogP contribution in [0.2, 0.25) is 0 Å². The van der Waals surface area contributed by atoms with Crippen LogP contribution in [0.25, 0.3) is 11.0 Å². The van der Waals surface area contributed by atoms with E-state index >= 15 is 0 Å². The molecule has 0 saturated heterocycles. The molecule has 1 aromatic heterocycles. The SMILES string of the molecule is Cc1cccc(COc2ccc3ccc(=O)oc3c2)c1. The molecule has 1 heterocycles. The van der Waals surface area contributed by atoms with E-state index in [2.05, 4.69) is 6.07 Å². The number of ether oxygens (including phenoxy) is 1. The van der Waals surface area contributed by atoms with Crippen molar-refractivity contribution >= 4 is 11.0 Å². The monoisotopic (exact) mass is 266 g/mol. The van der Waals surface area contributed by atoms with E-state index in [9.17, 15) is 4.79 Å². The van der Waals surface area contributed by atoms with E-state index in [1.165, 1.54) is 11.6 Å². The Balaban J connectivity index is 1.82. The molecule has 2 aromatic carbocycles. The Morgan fingerprint density at radius 2 is 1.90 bits per heavy atom. The summed E-state index contributed by atoms with van der Waals surface area (Å²) in [5.41, 5.74) is 2.50. The summed E-state index contributed by atoms with van der Waals surface area (Å²) in [7, 11) is 0. The molecule has 3 heteroatoms. The van der Waals surface area contributed by atoms with Crippen molar-refractivity contribution in [2.45, 2.75) is 13.5 Å². The van der Waals surface area contributed by atoms with Gasteiger partial charge in [0.05, 0.1) is 0 Å². The van der Waals surface area contributed by atoms with Gasteiger partial charge in [-0.15, -0.1) is 0 Å². The second-order valence-electron chi connectivity index (χ2n) is 4.73. The van der Waals surface area contributed by atoms with Gasteiger partial charge in [0.15, 0.2) is 0 Å². The molecule has 20 heavy (non-hydrogen) atoms. The lowest BCUT2D eigenvalue weighted by Gasteiger charge is -2.07. The van der Waals surface area contributed by atoms with Gasteiger partial charge in [0.25, 0.3) is 0 Å². The van der Waals surface area contributed by atoms with E-state index < -0.39 is 0 Å². The Kier molecular flexibility index (Phi) is 3.25. The highest BCUT2D eigenvalue weighted by atomic mass is 16.5. The predicted octanol–water partition coefficient (Wildman–Crippen LogP) is 3.68. The van der Waals surface area contributed by atoms with Crippen molar-refractivity contribution in [3.05, 3.63) is 76.1 Å². The van der Waals surface area contributed by atoms with Crippen LogP contribution in [0.15, 0.2) is 63.8 Å². The highest BCUT2D eigenvalue weighted by molar-refractivity contribution is 5.77. The third-order valence-corrected chi connectivity index (χ3v) is 3.08. The summed E-state index contributed by atoms with van der Waals surface area (Å²) in [4.78, 5) is 11.2. The van der Waals surface area contributed by atoms with Gasteiger partial charge in [-0.05, 0) is 30.7 Å². The molecule has 0 unspecified atom stereocenters. The van der Waals surface area contributed by atoms with E-state index in [4.69, 9.17) is 9.15 Å². The van der Waals surface area contributed by atoms with Gasteiger partial charge in [0.1, 0.15) is 17.9 Å². The van der Waals surface area contributed by atoms with Crippen LogP contribution < -0.4 is 10.4 Å². The van der Waals surface area contributed by atoms with Crippen molar-refractivity contribution in [2.75, 3.05) is 0 Å². The minimum absolute atomic E-state index is 0.353. The normalized spacial score (nSPS) is 10.7. The molecule has 0 N–H and O–H groups in total. The quantitative estimate of drug-likeness (QED) is 0.679. The fourth-order valence-corrected chi connectivity index (χ4v) is 2.10. The second kappa shape index (κ2) is 5.21. The summed E-state index contributed by atoms with van der Waals surface area (Å²) in [6.45, 7) is 2.54. The zero-order valence-corrected chi connectivity index (χ0v) is 11.1. The van der Waals surface area contributed by atoms with E-state index in [1.54, 1.807) is 12.1 Å². The average Bonchev–Trinajstić information content (AvgIpc) is 2.45. The van der Waals surface area contributed by atoms with E-state index in [-0.39, 0.29) is 5.63 Å². The lowest BCUT2D eigenvalue weighted by atomic mass is 10.1. The fourth-order valence-electron chi connectivity index (χ4n) is 2.10. The molecule has 0 amide bonds. The molecule has 0 radical (unpaired) electrons. The number of hydrogen-bond donors (Lipinski definition) is 0. The lowest BCUT2D eigenvalue weighted by molar-refractivity contribution is 0.306. The van der Waals surface area contributed by atoms with E-state index in [0.29, 0.717) is 17.9 Å². The Bertz CT molecular complexity index is 802. The highest BCUT2D eigenvalue weighted by Crippen LogP contribution is 2.20. The molecule has 0 aliphatic carbocycles. The van der Waals surface area contributed by atoms with Gasteiger partial charge in [-0.2, -0.15) is 0 Å². The largest absolute Gasteiger partial charge is 0.489 e. The van der Waals surface area contributed by atoms with Crippen molar-refractivity contribution < 1.29 is 9.15 Å². The van der Waals surface area contributed by atoms with Gasteiger partial charge in [0.2, 0.25) is 0 Å². The van der Waals surface area contributed by atoms with Crippen molar-refractivity contribution in [3.8, 4) is 5.75 Å². The maximum absolute atomic E-state index is 11.2. The third kappa shape index (κ3) is 2.72. The Morgan fingerprint density at radius 1 is 1.05 bits per heavy atom. The summed E-state index contributed by atoms with van der Waals surface area (Å²) < 4.78 is 10.9. The number of hydrogen-bond acceptors (Lipinski definition) is 3. The number of rotatable bonds is 3. The second-order valence-corrected chi connectivity index (χ2v) is 4.73. The number of fused-ring (bicyclic) bond motifs is 1. The first-order chi connectivity index (χ1) is 9.70. The molecule has 0 aliphatic rings. The molecule has 0 fully saturated rings. The van der Waals surface area contributed by atoms with E-state index in [1.807, 2.05) is 37.3 Å². The van der Waals surface area contributed by atoms with Gasteiger partial charge in [-0.25, -0.2) is 4.79 Å². The van der Waals surface area contributed by atoms with Crippen molar-refractivity contribution in [1.29, 1.82) is 0 Å². The van der Waals surface area contributed by atoms with Crippen LogP contribution in [0.5, 0.6) is 5.75 Å². The van der Waals surface area contributed by atoms with Crippen LogP contribution in [0, 0.1) is 6.92 Å². The summed E-state index contributed by atoms with van der Waals surface area (Å²) in [5, 5.41) is 0.882. The molecule has 100 valence electrons. The summed E-state index contributed by atoms with van der Waals surface area (Å²) in [5.74, 6) is 0.688. The molecule has 3 nitrogen and oxygen atoms in total. The molecule has 0 spiro atoms. The average molecular weight is 266 g/mol. The van der Waals surface area contributed by atoms with Crippen LogP contribution in [-0.2, 0) is 6.61 Å². The van der Waals surface area contributed by atoms with Gasteiger partial charge in [-0.3, -0.25) is 0 Å². The standard InChI is InChI=1S/C17H14O3/c1-12-3-2-4-13(9-12)11-19-15-7-5-14-6-8-17(18)20-16(14)10-15/h2-10H,11H2,1H3. The molecule has 0 aliphatic heterocycles. The van der Waals surface area contributed by atoms with E-state index in [0.717, 1.165) is 10.9 Å². The lowest BCUT2D eigenvalue weighted by Crippen LogP contribution is -1.97. The molecule has 0 atom stereocenters. The van der Waals surface area contributed by atoms with Gasteiger partial charge >= 0.3 is 5.63 Å². The van der Waals surface area contributed by atoms with Crippen LogP contribution >= 0.6 is 0 Å². The van der Waals surface area contributed by atoms with Gasteiger partial charge in [0, 0.05) is 17.5 Å². The Hall–Kier alpha value is -2.55. The van der Waals surface area contributed by atoms with Gasteiger partial charge < -0.3 is 9.15 Å². The summed E-state index contributed by atoms with van der Waals surface area (Å²) >= 11 is 0. The maximum Gasteiger partial charge on any atom is 0.336 e. The Morgan fingerprint density at radius 3 is 2.75 bits per heavy atom. The molecular weight excluding hydrogens is 252 g/mol. The van der Waals surface area contributed by atoms with Crippen LogP contribution in [0.1, 0.15) is 11.1 Å². The smallest absolute Gasteiger partial charge is 0.336 e. The molecule has 0 saturated carbocycles. The highest BCUT2D eigenvalue weighted by Gasteiger charge is 2.01. The number of aryl methyl sites for hydroxylation is 1. The van der Waals surface area contributed by atoms with Crippen molar-refractivity contribution in [2.24, 2.45) is 0 Å². The van der Waals surface area contributed by atoms with Crippen LogP contribution in [0.4, 0.5) is 0 Å². The van der Waals surface area contributed by atoms with Crippen LogP contribution in [-0.4, -0.2) is 0 Å². The molecule has 0 bridgehead atoms. The minimum atomic E-state index is -0.353.